The highest BCUT2D eigenvalue weighted by molar-refractivity contribution is 5.96. The maximum atomic E-state index is 10.4. The lowest BCUT2D eigenvalue weighted by Gasteiger charge is -1.80. The Balaban J connectivity index is 2.78. The minimum atomic E-state index is -1.16. The molecule has 6 heteroatoms. The van der Waals surface area contributed by atoms with E-state index in [-0.39, 0.29) is 11.4 Å². The molecule has 0 amide bonds. The van der Waals surface area contributed by atoms with Gasteiger partial charge in [-0.1, -0.05) is 5.16 Å². The van der Waals surface area contributed by atoms with E-state index in [1.807, 2.05) is 0 Å². The van der Waals surface area contributed by atoms with Crippen molar-refractivity contribution in [3.05, 3.63) is 12.1 Å². The van der Waals surface area contributed by atoms with Gasteiger partial charge in [0.1, 0.15) is 5.52 Å². The number of imidazole rings is 1. The molecule has 2 rings (SSSR count). The fraction of sp³-hybridized carbons (Fsp3) is 0. The standard InChI is InChI=1S/C5H3N3O3/c9-5(10)3-2-4(8-11-3)7-1-6-2/h1H,(H,9,10)(H,6,7,8). The second-order valence-corrected chi connectivity index (χ2v) is 1.92. The topological polar surface area (TPSA) is 92.0 Å². The first-order valence-corrected chi connectivity index (χ1v) is 2.81. The Hall–Kier alpha value is -1.85. The van der Waals surface area contributed by atoms with Crippen molar-refractivity contribution in [1.82, 2.24) is 15.1 Å². The molecule has 0 radical (unpaired) electrons. The number of hydrogen-bond donors (Lipinski definition) is 2. The Morgan fingerprint density at radius 1 is 1.73 bits per heavy atom. The predicted octanol–water partition coefficient (Wildman–Crippen LogP) is 0.249. The summed E-state index contributed by atoms with van der Waals surface area (Å²) < 4.78 is 4.47. The number of carboxylic acid groups (broad SMARTS) is 1. The molecule has 2 aromatic heterocycles. The molecular weight excluding hydrogens is 150 g/mol. The quantitative estimate of drug-likeness (QED) is 0.612. The first kappa shape index (κ1) is 5.90. The van der Waals surface area contributed by atoms with E-state index < -0.39 is 5.97 Å². The normalized spacial score (nSPS) is 10.5. The zero-order chi connectivity index (χ0) is 7.84. The van der Waals surface area contributed by atoms with E-state index in [1.165, 1.54) is 6.33 Å². The van der Waals surface area contributed by atoms with Crippen molar-refractivity contribution in [1.29, 1.82) is 0 Å². The molecule has 0 fully saturated rings. The molecule has 0 aliphatic carbocycles. The van der Waals surface area contributed by atoms with Gasteiger partial charge in [0.25, 0.3) is 5.76 Å². The SMILES string of the molecule is O=C(O)c1onc2nc[nH]c12. The fourth-order valence-corrected chi connectivity index (χ4v) is 0.804. The van der Waals surface area contributed by atoms with Crippen LogP contribution in [0.2, 0.25) is 0 Å². The number of hydrogen-bond acceptors (Lipinski definition) is 4. The summed E-state index contributed by atoms with van der Waals surface area (Å²) in [6.07, 6.45) is 1.36. The summed E-state index contributed by atoms with van der Waals surface area (Å²) in [6.45, 7) is 0. The van der Waals surface area contributed by atoms with Gasteiger partial charge >= 0.3 is 5.97 Å². The summed E-state index contributed by atoms with van der Waals surface area (Å²) in [5.41, 5.74) is 0.597. The van der Waals surface area contributed by atoms with Crippen LogP contribution in [0.5, 0.6) is 0 Å². The number of aromatic nitrogens is 3. The molecule has 0 bridgehead atoms. The second-order valence-electron chi connectivity index (χ2n) is 1.92. The molecule has 11 heavy (non-hydrogen) atoms. The van der Waals surface area contributed by atoms with E-state index in [0.29, 0.717) is 5.52 Å². The molecule has 0 saturated heterocycles. The number of carboxylic acids is 1. The van der Waals surface area contributed by atoms with Gasteiger partial charge in [-0.05, 0) is 0 Å². The van der Waals surface area contributed by atoms with Crippen LogP contribution in [0.4, 0.5) is 0 Å². The largest absolute Gasteiger partial charge is 0.475 e. The predicted molar refractivity (Wildman–Crippen MR) is 33.1 cm³/mol. The van der Waals surface area contributed by atoms with E-state index in [4.69, 9.17) is 5.11 Å². The van der Waals surface area contributed by atoms with Gasteiger partial charge in [-0.2, -0.15) is 0 Å². The van der Waals surface area contributed by atoms with E-state index in [0.717, 1.165) is 0 Å². The van der Waals surface area contributed by atoms with Crippen LogP contribution in [0.3, 0.4) is 0 Å². The second kappa shape index (κ2) is 1.82. The summed E-state index contributed by atoms with van der Waals surface area (Å²) in [7, 11) is 0. The van der Waals surface area contributed by atoms with Gasteiger partial charge in [-0.15, -0.1) is 0 Å². The molecule has 2 heterocycles. The van der Waals surface area contributed by atoms with Crippen LogP contribution in [0, 0.1) is 0 Å². The molecule has 0 aliphatic rings. The molecule has 0 atom stereocenters. The summed E-state index contributed by atoms with van der Waals surface area (Å²) >= 11 is 0. The van der Waals surface area contributed by atoms with Crippen LogP contribution >= 0.6 is 0 Å². The molecule has 0 unspecified atom stereocenters. The van der Waals surface area contributed by atoms with E-state index >= 15 is 0 Å². The van der Waals surface area contributed by atoms with Crippen LogP contribution in [-0.4, -0.2) is 26.2 Å². The molecular formula is C5H3N3O3. The number of carbonyl (C=O) groups is 1. The Morgan fingerprint density at radius 2 is 2.55 bits per heavy atom. The van der Waals surface area contributed by atoms with Crippen LogP contribution in [0.1, 0.15) is 10.6 Å². The Bertz CT molecular complexity index is 402. The number of nitrogens with one attached hydrogen (secondary N) is 1. The highest BCUT2D eigenvalue weighted by Crippen LogP contribution is 2.12. The number of nitrogens with zero attached hydrogens (tertiary/aromatic N) is 2. The van der Waals surface area contributed by atoms with Crippen molar-refractivity contribution in [3.63, 3.8) is 0 Å². The van der Waals surface area contributed by atoms with Crippen molar-refractivity contribution in [2.75, 3.05) is 0 Å². The first-order chi connectivity index (χ1) is 5.29. The van der Waals surface area contributed by atoms with Gasteiger partial charge in [-0.3, -0.25) is 0 Å². The highest BCUT2D eigenvalue weighted by Gasteiger charge is 2.16. The molecule has 0 saturated carbocycles. The maximum absolute atomic E-state index is 10.4. The van der Waals surface area contributed by atoms with Crippen molar-refractivity contribution in [2.24, 2.45) is 0 Å². The number of aromatic carboxylic acids is 1. The Kier molecular flexibility index (Phi) is 0.974. The Labute approximate surface area is 59.8 Å². The molecule has 2 N–H and O–H groups in total. The molecule has 0 spiro atoms. The molecule has 6 nitrogen and oxygen atoms in total. The number of rotatable bonds is 1. The van der Waals surface area contributed by atoms with E-state index in [2.05, 4.69) is 19.6 Å². The van der Waals surface area contributed by atoms with Crippen molar-refractivity contribution < 1.29 is 14.4 Å². The van der Waals surface area contributed by atoms with Gasteiger partial charge < -0.3 is 14.6 Å². The van der Waals surface area contributed by atoms with Gasteiger partial charge in [-0.25, -0.2) is 9.78 Å². The maximum Gasteiger partial charge on any atom is 0.377 e. The third-order valence-corrected chi connectivity index (χ3v) is 1.26. The zero-order valence-corrected chi connectivity index (χ0v) is 5.24. The number of aromatic amines is 1. The fourth-order valence-electron chi connectivity index (χ4n) is 0.804. The van der Waals surface area contributed by atoms with Crippen LogP contribution in [0.15, 0.2) is 10.9 Å². The van der Waals surface area contributed by atoms with Crippen molar-refractivity contribution in [2.45, 2.75) is 0 Å². The number of H-pyrrole nitrogens is 1. The minimum absolute atomic E-state index is 0.211. The average molecular weight is 153 g/mol. The third-order valence-electron chi connectivity index (χ3n) is 1.26. The van der Waals surface area contributed by atoms with Crippen LogP contribution in [-0.2, 0) is 0 Å². The molecule has 2 aromatic rings. The highest BCUT2D eigenvalue weighted by atomic mass is 16.5. The lowest BCUT2D eigenvalue weighted by Crippen LogP contribution is -1.93. The summed E-state index contributed by atoms with van der Waals surface area (Å²) in [5.74, 6) is -1.37. The van der Waals surface area contributed by atoms with Crippen LogP contribution in [0.25, 0.3) is 11.2 Å². The third kappa shape index (κ3) is 0.689. The summed E-state index contributed by atoms with van der Waals surface area (Å²) in [6, 6.07) is 0. The van der Waals surface area contributed by atoms with Crippen molar-refractivity contribution >= 4 is 17.1 Å². The lowest BCUT2D eigenvalue weighted by atomic mass is 10.4. The minimum Gasteiger partial charge on any atom is -0.475 e. The zero-order valence-electron chi connectivity index (χ0n) is 5.24. The van der Waals surface area contributed by atoms with E-state index in [1.54, 1.807) is 0 Å². The average Bonchev–Trinajstić information content (AvgIpc) is 2.41. The Morgan fingerprint density at radius 3 is 3.27 bits per heavy atom. The number of fused-ring (bicyclic) bond motifs is 1. The molecule has 0 aromatic carbocycles. The van der Waals surface area contributed by atoms with Gasteiger partial charge in [0.05, 0.1) is 6.33 Å². The van der Waals surface area contributed by atoms with Gasteiger partial charge in [0, 0.05) is 0 Å². The summed E-state index contributed by atoms with van der Waals surface area (Å²) in [4.78, 5) is 16.7. The van der Waals surface area contributed by atoms with Gasteiger partial charge in [0.2, 0.25) is 5.65 Å². The monoisotopic (exact) mass is 153 g/mol. The smallest absolute Gasteiger partial charge is 0.377 e. The van der Waals surface area contributed by atoms with Crippen LogP contribution < -0.4 is 0 Å². The lowest BCUT2D eigenvalue weighted by molar-refractivity contribution is 0.0654. The molecule has 0 aliphatic heterocycles. The van der Waals surface area contributed by atoms with Gasteiger partial charge in [0.15, 0.2) is 0 Å². The molecule has 56 valence electrons. The summed E-state index contributed by atoms with van der Waals surface area (Å²) in [5, 5.41) is 11.9. The van der Waals surface area contributed by atoms with E-state index in [9.17, 15) is 4.79 Å². The first-order valence-electron chi connectivity index (χ1n) is 2.81. The van der Waals surface area contributed by atoms with Crippen molar-refractivity contribution in [3.8, 4) is 0 Å².